The van der Waals surface area contributed by atoms with Crippen molar-refractivity contribution in [2.45, 2.75) is 39.3 Å². The van der Waals surface area contributed by atoms with Gasteiger partial charge in [-0.25, -0.2) is 0 Å². The monoisotopic (exact) mass is 408 g/mol. The molecule has 0 saturated carbocycles. The van der Waals surface area contributed by atoms with E-state index in [1.165, 1.54) is 6.92 Å². The molecule has 3 rings (SSSR count). The van der Waals surface area contributed by atoms with Gasteiger partial charge in [-0.2, -0.15) is 0 Å². The molecule has 0 spiro atoms. The van der Waals surface area contributed by atoms with Crippen molar-refractivity contribution in [3.63, 3.8) is 0 Å². The van der Waals surface area contributed by atoms with E-state index >= 15 is 0 Å². The van der Waals surface area contributed by atoms with Crippen molar-refractivity contribution >= 4 is 11.9 Å². The predicted molar refractivity (Wildman–Crippen MR) is 105 cm³/mol. The molecule has 0 N–H and O–H groups in total. The highest BCUT2D eigenvalue weighted by molar-refractivity contribution is 5.77. The highest BCUT2D eigenvalue weighted by Crippen LogP contribution is 2.37. The largest absolute Gasteiger partial charge is 0.465 e. The van der Waals surface area contributed by atoms with Crippen molar-refractivity contribution in [3.8, 4) is 0 Å². The Morgan fingerprint density at radius 2 is 1.79 bits per heavy atom. The van der Waals surface area contributed by atoms with Crippen molar-refractivity contribution in [1.82, 2.24) is 9.80 Å². The van der Waals surface area contributed by atoms with Crippen molar-refractivity contribution in [2.75, 3.05) is 53.1 Å². The lowest BCUT2D eigenvalue weighted by Crippen LogP contribution is -2.47. The van der Waals surface area contributed by atoms with E-state index in [1.807, 2.05) is 17.0 Å². The molecule has 1 amide bonds. The number of piperidine rings is 1. The van der Waals surface area contributed by atoms with Crippen LogP contribution in [0.1, 0.15) is 37.7 Å². The fourth-order valence-corrected chi connectivity index (χ4v) is 4.01. The topological polar surface area (TPSA) is 81.5 Å². The number of ether oxygens (including phenoxy) is 3. The standard InChI is InChI=1S/C21H32N2O6/c1-17(24)28-16-21(13-20(25)23-9-11-27-12-10-23)5-7-22(8-6-21)14-18-3-4-19(29-18)15-26-2/h3-4H,5-16H2,1-2H3. The van der Waals surface area contributed by atoms with E-state index in [1.54, 1.807) is 7.11 Å². The average Bonchev–Trinajstić information content (AvgIpc) is 3.16. The summed E-state index contributed by atoms with van der Waals surface area (Å²) in [6, 6.07) is 3.92. The summed E-state index contributed by atoms with van der Waals surface area (Å²) in [4.78, 5) is 28.4. The molecule has 0 unspecified atom stereocenters. The summed E-state index contributed by atoms with van der Waals surface area (Å²) in [6.07, 6.45) is 2.02. The van der Waals surface area contributed by atoms with E-state index in [0.29, 0.717) is 45.9 Å². The summed E-state index contributed by atoms with van der Waals surface area (Å²) >= 11 is 0. The lowest BCUT2D eigenvalue weighted by Gasteiger charge is -2.42. The van der Waals surface area contributed by atoms with Gasteiger partial charge >= 0.3 is 5.97 Å². The van der Waals surface area contributed by atoms with Crippen molar-refractivity contribution in [2.24, 2.45) is 5.41 Å². The summed E-state index contributed by atoms with van der Waals surface area (Å²) in [5, 5.41) is 0. The lowest BCUT2D eigenvalue weighted by molar-refractivity contribution is -0.150. The third-order valence-corrected chi connectivity index (χ3v) is 5.77. The van der Waals surface area contributed by atoms with Crippen LogP contribution < -0.4 is 0 Å². The Morgan fingerprint density at radius 3 is 2.45 bits per heavy atom. The Balaban J connectivity index is 1.57. The minimum Gasteiger partial charge on any atom is -0.465 e. The maximum absolute atomic E-state index is 12.8. The molecular formula is C21H32N2O6. The van der Waals surface area contributed by atoms with Crippen LogP contribution in [0.2, 0.25) is 0 Å². The van der Waals surface area contributed by atoms with Gasteiger partial charge in [0, 0.05) is 39.0 Å². The zero-order chi connectivity index (χ0) is 20.7. The van der Waals surface area contributed by atoms with E-state index in [9.17, 15) is 9.59 Å². The van der Waals surface area contributed by atoms with Gasteiger partial charge in [0.1, 0.15) is 18.1 Å². The number of methoxy groups -OCH3 is 1. The highest BCUT2D eigenvalue weighted by atomic mass is 16.5. The molecule has 2 saturated heterocycles. The minimum atomic E-state index is -0.304. The Labute approximate surface area is 172 Å². The smallest absolute Gasteiger partial charge is 0.302 e. The number of furan rings is 1. The molecule has 0 atom stereocenters. The van der Waals surface area contributed by atoms with Crippen molar-refractivity contribution in [3.05, 3.63) is 23.7 Å². The van der Waals surface area contributed by atoms with Crippen LogP contribution in [-0.4, -0.2) is 74.8 Å². The maximum atomic E-state index is 12.8. The molecule has 8 nitrogen and oxygen atoms in total. The van der Waals surface area contributed by atoms with Crippen LogP contribution in [0.3, 0.4) is 0 Å². The third kappa shape index (κ3) is 6.29. The first-order valence-electron chi connectivity index (χ1n) is 10.3. The summed E-state index contributed by atoms with van der Waals surface area (Å²) in [7, 11) is 1.65. The maximum Gasteiger partial charge on any atom is 0.302 e. The first kappa shape index (κ1) is 21.8. The first-order valence-corrected chi connectivity index (χ1v) is 10.3. The number of hydrogen-bond donors (Lipinski definition) is 0. The van der Waals surface area contributed by atoms with Crippen LogP contribution >= 0.6 is 0 Å². The number of morpholine rings is 1. The van der Waals surface area contributed by atoms with E-state index in [2.05, 4.69) is 4.90 Å². The molecule has 1 aromatic heterocycles. The van der Waals surface area contributed by atoms with Gasteiger partial charge < -0.3 is 23.5 Å². The van der Waals surface area contributed by atoms with E-state index in [-0.39, 0.29) is 17.3 Å². The van der Waals surface area contributed by atoms with Gasteiger partial charge in [-0.15, -0.1) is 0 Å². The van der Waals surface area contributed by atoms with Crippen LogP contribution in [0.25, 0.3) is 0 Å². The summed E-state index contributed by atoms with van der Waals surface area (Å²) in [6.45, 7) is 7.02. The number of carbonyl (C=O) groups is 2. The summed E-state index contributed by atoms with van der Waals surface area (Å²) < 4.78 is 21.6. The quantitative estimate of drug-likeness (QED) is 0.607. The molecule has 2 aliphatic heterocycles. The fourth-order valence-electron chi connectivity index (χ4n) is 4.01. The van der Waals surface area contributed by atoms with Gasteiger partial charge in [0.15, 0.2) is 0 Å². The molecule has 2 fully saturated rings. The fraction of sp³-hybridized carbons (Fsp3) is 0.714. The van der Waals surface area contributed by atoms with Crippen molar-refractivity contribution < 1.29 is 28.2 Å². The highest BCUT2D eigenvalue weighted by Gasteiger charge is 2.39. The molecule has 162 valence electrons. The van der Waals surface area contributed by atoms with Gasteiger partial charge in [0.25, 0.3) is 0 Å². The van der Waals surface area contributed by atoms with Gasteiger partial charge in [0.2, 0.25) is 5.91 Å². The van der Waals surface area contributed by atoms with Crippen LogP contribution in [0.4, 0.5) is 0 Å². The molecule has 3 heterocycles. The van der Waals surface area contributed by atoms with Crippen LogP contribution in [0, 0.1) is 5.41 Å². The molecule has 1 aromatic rings. The average molecular weight is 408 g/mol. The van der Waals surface area contributed by atoms with Gasteiger partial charge in [-0.1, -0.05) is 0 Å². The summed E-state index contributed by atoms with van der Waals surface area (Å²) in [5.74, 6) is 1.56. The number of likely N-dealkylation sites (tertiary alicyclic amines) is 1. The van der Waals surface area contributed by atoms with E-state index in [0.717, 1.165) is 44.0 Å². The Kier molecular flexibility index (Phi) is 7.69. The predicted octanol–water partition coefficient (Wildman–Crippen LogP) is 1.82. The van der Waals surface area contributed by atoms with Crippen LogP contribution in [0.5, 0.6) is 0 Å². The second-order valence-electron chi connectivity index (χ2n) is 8.03. The first-order chi connectivity index (χ1) is 14.0. The molecule has 2 aliphatic rings. The normalized spacial score (nSPS) is 19.9. The second kappa shape index (κ2) is 10.2. The molecular weight excluding hydrogens is 376 g/mol. The minimum absolute atomic E-state index is 0.129. The van der Waals surface area contributed by atoms with E-state index < -0.39 is 0 Å². The van der Waals surface area contributed by atoms with E-state index in [4.69, 9.17) is 18.6 Å². The molecule has 0 aliphatic carbocycles. The zero-order valence-electron chi connectivity index (χ0n) is 17.5. The Morgan fingerprint density at radius 1 is 1.10 bits per heavy atom. The molecule has 0 bridgehead atoms. The Hall–Kier alpha value is -1.90. The molecule has 0 aromatic carbocycles. The molecule has 8 heteroatoms. The number of amides is 1. The third-order valence-electron chi connectivity index (χ3n) is 5.77. The number of hydrogen-bond acceptors (Lipinski definition) is 7. The van der Waals surface area contributed by atoms with Crippen LogP contribution in [0.15, 0.2) is 16.5 Å². The number of esters is 1. The Bertz CT molecular complexity index is 674. The zero-order valence-corrected chi connectivity index (χ0v) is 17.5. The summed E-state index contributed by atoms with van der Waals surface area (Å²) in [5.41, 5.74) is -0.304. The van der Waals surface area contributed by atoms with Gasteiger partial charge in [-0.3, -0.25) is 14.5 Å². The molecule has 0 radical (unpaired) electrons. The number of carbonyl (C=O) groups excluding carboxylic acids is 2. The number of nitrogens with zero attached hydrogens (tertiary/aromatic N) is 2. The van der Waals surface area contributed by atoms with Gasteiger partial charge in [-0.05, 0) is 38.1 Å². The number of rotatable bonds is 8. The second-order valence-corrected chi connectivity index (χ2v) is 8.03. The SMILES string of the molecule is COCc1ccc(CN2CCC(COC(C)=O)(CC(=O)N3CCOCC3)CC2)o1. The van der Waals surface area contributed by atoms with Crippen LogP contribution in [-0.2, 0) is 37.0 Å². The van der Waals surface area contributed by atoms with Crippen molar-refractivity contribution in [1.29, 1.82) is 0 Å². The molecule has 29 heavy (non-hydrogen) atoms. The lowest BCUT2D eigenvalue weighted by atomic mass is 9.75. The van der Waals surface area contributed by atoms with Gasteiger partial charge in [0.05, 0.1) is 26.4 Å².